The van der Waals surface area contributed by atoms with E-state index < -0.39 is 11.2 Å². The summed E-state index contributed by atoms with van der Waals surface area (Å²) in [5.74, 6) is 1.24. The summed E-state index contributed by atoms with van der Waals surface area (Å²) >= 11 is 0. The predicted molar refractivity (Wildman–Crippen MR) is 83.3 cm³/mol. The summed E-state index contributed by atoms with van der Waals surface area (Å²) in [5.41, 5.74) is 0.216. The summed E-state index contributed by atoms with van der Waals surface area (Å²) in [5, 5.41) is 0.384. The lowest BCUT2D eigenvalue weighted by atomic mass is 10.2. The fourth-order valence-corrected chi connectivity index (χ4v) is 2.34. The number of benzene rings is 2. The minimum Gasteiger partial charge on any atom is -0.497 e. The SMILES string of the molecule is COc1ccc(-n2c(=O)[nH]c(=O)c3cc(OC)ccc32)cc1. The maximum Gasteiger partial charge on any atom is 0.333 e. The van der Waals surface area contributed by atoms with Crippen molar-refractivity contribution < 1.29 is 9.47 Å². The molecule has 2 aromatic carbocycles. The zero-order chi connectivity index (χ0) is 15.7. The second kappa shape index (κ2) is 5.40. The molecule has 1 N–H and O–H groups in total. The summed E-state index contributed by atoms with van der Waals surface area (Å²) in [6.45, 7) is 0. The van der Waals surface area contributed by atoms with Crippen molar-refractivity contribution in [3.8, 4) is 17.2 Å². The van der Waals surface area contributed by atoms with Gasteiger partial charge in [-0.15, -0.1) is 0 Å². The Morgan fingerprint density at radius 1 is 0.909 bits per heavy atom. The van der Waals surface area contributed by atoms with Crippen LogP contribution in [0.2, 0.25) is 0 Å². The molecule has 0 aliphatic rings. The molecule has 22 heavy (non-hydrogen) atoms. The van der Waals surface area contributed by atoms with Crippen LogP contribution in [0.5, 0.6) is 11.5 Å². The minimum absolute atomic E-state index is 0.384. The second-order valence-electron chi connectivity index (χ2n) is 4.68. The highest BCUT2D eigenvalue weighted by Gasteiger charge is 2.10. The van der Waals surface area contributed by atoms with Gasteiger partial charge in [-0.2, -0.15) is 0 Å². The van der Waals surface area contributed by atoms with Gasteiger partial charge < -0.3 is 9.47 Å². The van der Waals surface area contributed by atoms with Gasteiger partial charge >= 0.3 is 5.69 Å². The number of aromatic amines is 1. The molecule has 0 fully saturated rings. The Morgan fingerprint density at radius 3 is 2.18 bits per heavy atom. The van der Waals surface area contributed by atoms with Gasteiger partial charge in [0.2, 0.25) is 0 Å². The molecular weight excluding hydrogens is 284 g/mol. The van der Waals surface area contributed by atoms with Crippen LogP contribution in [0.1, 0.15) is 0 Å². The molecular formula is C16H14N2O4. The number of nitrogens with zero attached hydrogens (tertiary/aromatic N) is 1. The van der Waals surface area contributed by atoms with Gasteiger partial charge in [-0.3, -0.25) is 14.3 Å². The number of methoxy groups -OCH3 is 2. The summed E-state index contributed by atoms with van der Waals surface area (Å²) in [6.07, 6.45) is 0. The number of ether oxygens (including phenoxy) is 2. The average molecular weight is 298 g/mol. The molecule has 3 aromatic rings. The average Bonchev–Trinajstić information content (AvgIpc) is 2.55. The molecule has 112 valence electrons. The summed E-state index contributed by atoms with van der Waals surface area (Å²) in [6, 6.07) is 12.0. The third-order valence-corrected chi connectivity index (χ3v) is 3.44. The smallest absolute Gasteiger partial charge is 0.333 e. The zero-order valence-corrected chi connectivity index (χ0v) is 12.1. The normalized spacial score (nSPS) is 10.6. The Kier molecular flexibility index (Phi) is 3.42. The van der Waals surface area contributed by atoms with Gasteiger partial charge in [-0.1, -0.05) is 0 Å². The summed E-state index contributed by atoms with van der Waals surface area (Å²) < 4.78 is 11.7. The van der Waals surface area contributed by atoms with E-state index in [1.807, 2.05) is 0 Å². The molecule has 0 aliphatic heterocycles. The fourth-order valence-electron chi connectivity index (χ4n) is 2.34. The van der Waals surface area contributed by atoms with Gasteiger partial charge in [-0.25, -0.2) is 4.79 Å². The summed E-state index contributed by atoms with van der Waals surface area (Å²) in [7, 11) is 3.09. The number of rotatable bonds is 3. The van der Waals surface area contributed by atoms with Crippen molar-refractivity contribution in [1.82, 2.24) is 9.55 Å². The maximum atomic E-state index is 12.2. The first-order valence-corrected chi connectivity index (χ1v) is 6.61. The first-order chi connectivity index (χ1) is 10.6. The molecule has 6 nitrogen and oxygen atoms in total. The Balaban J connectivity index is 2.32. The van der Waals surface area contributed by atoms with Crippen LogP contribution in [-0.4, -0.2) is 23.8 Å². The van der Waals surface area contributed by atoms with Gasteiger partial charge in [0.25, 0.3) is 5.56 Å². The van der Waals surface area contributed by atoms with Gasteiger partial charge in [0, 0.05) is 0 Å². The molecule has 0 aliphatic carbocycles. The van der Waals surface area contributed by atoms with Crippen LogP contribution in [-0.2, 0) is 0 Å². The fraction of sp³-hybridized carbons (Fsp3) is 0.125. The molecule has 0 atom stereocenters. The molecule has 0 saturated heterocycles. The molecule has 1 aromatic heterocycles. The quantitative estimate of drug-likeness (QED) is 0.798. The van der Waals surface area contributed by atoms with Gasteiger partial charge in [0.1, 0.15) is 11.5 Å². The van der Waals surface area contributed by atoms with Crippen LogP contribution in [0.3, 0.4) is 0 Å². The van der Waals surface area contributed by atoms with Gasteiger partial charge in [0.05, 0.1) is 30.8 Å². The van der Waals surface area contributed by atoms with Gasteiger partial charge in [0.15, 0.2) is 0 Å². The Bertz CT molecular complexity index is 939. The van der Waals surface area contributed by atoms with E-state index in [4.69, 9.17) is 9.47 Å². The standard InChI is InChI=1S/C16H14N2O4/c1-21-11-5-3-10(4-6-11)18-14-8-7-12(22-2)9-13(14)15(19)17-16(18)20/h3-9H,1-2H3,(H,17,19,20). The molecule has 0 saturated carbocycles. The van der Waals surface area contributed by atoms with E-state index in [1.54, 1.807) is 49.6 Å². The second-order valence-corrected chi connectivity index (χ2v) is 4.68. The zero-order valence-electron chi connectivity index (χ0n) is 12.1. The van der Waals surface area contributed by atoms with Crippen molar-refractivity contribution in [3.05, 3.63) is 63.3 Å². The van der Waals surface area contributed by atoms with Gasteiger partial charge in [-0.05, 0) is 42.5 Å². The number of aromatic nitrogens is 2. The lowest BCUT2D eigenvalue weighted by molar-refractivity contribution is 0.414. The van der Waals surface area contributed by atoms with Crippen molar-refractivity contribution in [2.45, 2.75) is 0 Å². The highest BCUT2D eigenvalue weighted by molar-refractivity contribution is 5.81. The molecule has 6 heteroatoms. The van der Waals surface area contributed by atoms with Crippen LogP contribution in [0.25, 0.3) is 16.6 Å². The first kappa shape index (κ1) is 13.9. The topological polar surface area (TPSA) is 73.3 Å². The van der Waals surface area contributed by atoms with E-state index in [2.05, 4.69) is 4.98 Å². The van der Waals surface area contributed by atoms with Crippen molar-refractivity contribution in [3.63, 3.8) is 0 Å². The minimum atomic E-state index is -0.493. The maximum absolute atomic E-state index is 12.2. The van der Waals surface area contributed by atoms with Crippen molar-refractivity contribution in [2.24, 2.45) is 0 Å². The molecule has 3 rings (SSSR count). The van der Waals surface area contributed by atoms with Crippen molar-refractivity contribution in [1.29, 1.82) is 0 Å². The largest absolute Gasteiger partial charge is 0.497 e. The highest BCUT2D eigenvalue weighted by atomic mass is 16.5. The number of H-pyrrole nitrogens is 1. The van der Waals surface area contributed by atoms with Crippen LogP contribution in [0.15, 0.2) is 52.1 Å². The molecule has 0 radical (unpaired) electrons. The van der Waals surface area contributed by atoms with Crippen LogP contribution in [0.4, 0.5) is 0 Å². The summed E-state index contributed by atoms with van der Waals surface area (Å²) in [4.78, 5) is 26.5. The lowest BCUT2D eigenvalue weighted by Gasteiger charge is -2.11. The monoisotopic (exact) mass is 298 g/mol. The lowest BCUT2D eigenvalue weighted by Crippen LogP contribution is -2.29. The molecule has 0 amide bonds. The Labute approximate surface area is 125 Å². The third kappa shape index (κ3) is 2.24. The highest BCUT2D eigenvalue weighted by Crippen LogP contribution is 2.20. The number of hydrogen-bond donors (Lipinski definition) is 1. The molecule has 0 bridgehead atoms. The van der Waals surface area contributed by atoms with E-state index in [0.29, 0.717) is 28.1 Å². The van der Waals surface area contributed by atoms with E-state index in [-0.39, 0.29) is 0 Å². The molecule has 0 spiro atoms. The van der Waals surface area contributed by atoms with Crippen molar-refractivity contribution in [2.75, 3.05) is 14.2 Å². The Morgan fingerprint density at radius 2 is 1.55 bits per heavy atom. The van der Waals surface area contributed by atoms with E-state index >= 15 is 0 Å². The molecule has 0 unspecified atom stereocenters. The van der Waals surface area contributed by atoms with Crippen molar-refractivity contribution >= 4 is 10.9 Å². The number of nitrogens with one attached hydrogen (secondary N) is 1. The predicted octanol–water partition coefficient (Wildman–Crippen LogP) is 1.70. The van der Waals surface area contributed by atoms with Crippen LogP contribution < -0.4 is 20.7 Å². The number of fused-ring (bicyclic) bond motifs is 1. The first-order valence-electron chi connectivity index (χ1n) is 6.61. The number of hydrogen-bond acceptors (Lipinski definition) is 4. The third-order valence-electron chi connectivity index (χ3n) is 3.44. The molecule has 1 heterocycles. The van der Waals surface area contributed by atoms with Crippen LogP contribution >= 0.6 is 0 Å². The van der Waals surface area contributed by atoms with E-state index in [1.165, 1.54) is 11.7 Å². The van der Waals surface area contributed by atoms with E-state index in [9.17, 15) is 9.59 Å². The van der Waals surface area contributed by atoms with Crippen LogP contribution in [0, 0.1) is 0 Å². The van der Waals surface area contributed by atoms with E-state index in [0.717, 1.165) is 0 Å². The Hall–Kier alpha value is -3.02.